The van der Waals surface area contributed by atoms with E-state index in [0.29, 0.717) is 22.8 Å². The van der Waals surface area contributed by atoms with Crippen LogP contribution in [0.1, 0.15) is 23.7 Å². The second-order valence-corrected chi connectivity index (χ2v) is 5.29. The van der Waals surface area contributed by atoms with Crippen LogP contribution in [-0.2, 0) is 0 Å². The minimum atomic E-state index is -0.163. The van der Waals surface area contributed by atoms with Crippen molar-refractivity contribution in [2.45, 2.75) is 13.3 Å². The van der Waals surface area contributed by atoms with Crippen molar-refractivity contribution < 1.29 is 4.79 Å². The van der Waals surface area contributed by atoms with Crippen molar-refractivity contribution in [2.24, 2.45) is 0 Å². The maximum absolute atomic E-state index is 11.8. The summed E-state index contributed by atoms with van der Waals surface area (Å²) in [4.78, 5) is 11.8. The fourth-order valence-electron chi connectivity index (χ4n) is 1.34. The van der Waals surface area contributed by atoms with E-state index >= 15 is 0 Å². The summed E-state index contributed by atoms with van der Waals surface area (Å²) in [5.41, 5.74) is 6.51. The van der Waals surface area contributed by atoms with Crippen molar-refractivity contribution in [1.82, 2.24) is 5.32 Å². The smallest absolute Gasteiger partial charge is 0.252 e. The van der Waals surface area contributed by atoms with Gasteiger partial charge in [0.25, 0.3) is 5.91 Å². The number of nitrogen functional groups attached to an aromatic ring is 1. The minimum absolute atomic E-state index is 0.163. The van der Waals surface area contributed by atoms with Gasteiger partial charge in [-0.3, -0.25) is 4.79 Å². The van der Waals surface area contributed by atoms with Crippen LogP contribution < -0.4 is 11.1 Å². The highest BCUT2D eigenvalue weighted by Crippen LogP contribution is 2.22. The number of hydrogen-bond acceptors (Lipinski definition) is 3. The summed E-state index contributed by atoms with van der Waals surface area (Å²) in [6, 6.07) is 5.08. The summed E-state index contributed by atoms with van der Waals surface area (Å²) in [6.45, 7) is 2.78. The van der Waals surface area contributed by atoms with E-state index in [4.69, 9.17) is 17.3 Å². The molecular weight excluding hydrogens is 256 g/mol. The molecule has 1 aromatic carbocycles. The molecule has 1 aromatic rings. The third kappa shape index (κ3) is 4.48. The number of nitrogens with two attached hydrogens (primary N) is 1. The zero-order valence-corrected chi connectivity index (χ0v) is 11.4. The first kappa shape index (κ1) is 14.2. The van der Waals surface area contributed by atoms with Gasteiger partial charge in [0.05, 0.1) is 16.3 Å². The van der Waals surface area contributed by atoms with Crippen LogP contribution in [0.2, 0.25) is 5.02 Å². The molecule has 0 saturated heterocycles. The zero-order valence-electron chi connectivity index (χ0n) is 9.83. The van der Waals surface area contributed by atoms with Crippen LogP contribution in [0, 0.1) is 0 Å². The second kappa shape index (κ2) is 7.45. The van der Waals surface area contributed by atoms with Crippen molar-refractivity contribution >= 4 is 35.0 Å². The highest BCUT2D eigenvalue weighted by atomic mass is 35.5. The molecule has 0 heterocycles. The van der Waals surface area contributed by atoms with Crippen molar-refractivity contribution in [3.05, 3.63) is 28.8 Å². The standard InChI is InChI=1S/C12H17ClN2OS/c1-2-17-8-4-7-15-12(16)9-5-3-6-10(14)11(9)13/h3,5-6H,2,4,7-8,14H2,1H3,(H,15,16). The van der Waals surface area contributed by atoms with E-state index in [1.807, 2.05) is 11.8 Å². The van der Waals surface area contributed by atoms with Gasteiger partial charge in [-0.1, -0.05) is 24.6 Å². The van der Waals surface area contributed by atoms with E-state index in [1.165, 1.54) is 0 Å². The maximum Gasteiger partial charge on any atom is 0.252 e. The predicted molar refractivity (Wildman–Crippen MR) is 75.8 cm³/mol. The highest BCUT2D eigenvalue weighted by molar-refractivity contribution is 7.99. The molecule has 17 heavy (non-hydrogen) atoms. The van der Waals surface area contributed by atoms with E-state index < -0.39 is 0 Å². The summed E-state index contributed by atoms with van der Waals surface area (Å²) in [5.74, 6) is 2.00. The SMILES string of the molecule is CCSCCCNC(=O)c1cccc(N)c1Cl. The summed E-state index contributed by atoms with van der Waals surface area (Å²) in [5, 5.41) is 3.16. The molecule has 0 aliphatic rings. The monoisotopic (exact) mass is 272 g/mol. The minimum Gasteiger partial charge on any atom is -0.398 e. The Morgan fingerprint density at radius 1 is 1.53 bits per heavy atom. The van der Waals surface area contributed by atoms with E-state index in [-0.39, 0.29) is 5.91 Å². The first-order chi connectivity index (χ1) is 8.16. The number of amides is 1. The number of rotatable bonds is 6. The maximum atomic E-state index is 11.8. The second-order valence-electron chi connectivity index (χ2n) is 3.52. The van der Waals surface area contributed by atoms with Crippen LogP contribution in [0.3, 0.4) is 0 Å². The van der Waals surface area contributed by atoms with Crippen LogP contribution >= 0.6 is 23.4 Å². The van der Waals surface area contributed by atoms with Crippen LogP contribution in [0.5, 0.6) is 0 Å². The number of hydrogen-bond donors (Lipinski definition) is 2. The van der Waals surface area contributed by atoms with Gasteiger partial charge in [-0.2, -0.15) is 11.8 Å². The fourth-order valence-corrected chi connectivity index (χ4v) is 2.19. The topological polar surface area (TPSA) is 55.1 Å². The number of halogens is 1. The Balaban J connectivity index is 2.44. The van der Waals surface area contributed by atoms with E-state index in [9.17, 15) is 4.79 Å². The Morgan fingerprint density at radius 2 is 2.29 bits per heavy atom. The lowest BCUT2D eigenvalue weighted by molar-refractivity contribution is 0.0954. The lowest BCUT2D eigenvalue weighted by Crippen LogP contribution is -2.25. The Morgan fingerprint density at radius 3 is 3.00 bits per heavy atom. The largest absolute Gasteiger partial charge is 0.398 e. The molecule has 0 fully saturated rings. The normalized spacial score (nSPS) is 10.2. The lowest BCUT2D eigenvalue weighted by atomic mass is 10.2. The summed E-state index contributed by atoms with van der Waals surface area (Å²) in [7, 11) is 0. The Bertz CT molecular complexity index is 385. The molecule has 0 saturated carbocycles. The molecule has 0 radical (unpaired) electrons. The summed E-state index contributed by atoms with van der Waals surface area (Å²) in [6.07, 6.45) is 0.962. The summed E-state index contributed by atoms with van der Waals surface area (Å²) >= 11 is 7.82. The van der Waals surface area contributed by atoms with E-state index in [0.717, 1.165) is 17.9 Å². The molecule has 0 unspecified atom stereocenters. The lowest BCUT2D eigenvalue weighted by Gasteiger charge is -2.07. The molecular formula is C12H17ClN2OS. The number of nitrogens with one attached hydrogen (secondary N) is 1. The molecule has 1 amide bonds. The molecule has 0 aliphatic heterocycles. The molecule has 0 bridgehead atoms. The van der Waals surface area contributed by atoms with E-state index in [1.54, 1.807) is 18.2 Å². The number of thioether (sulfide) groups is 1. The van der Waals surface area contributed by atoms with Gasteiger partial charge in [0.1, 0.15) is 0 Å². The van der Waals surface area contributed by atoms with Crippen LogP contribution in [0.4, 0.5) is 5.69 Å². The molecule has 0 spiro atoms. The number of benzene rings is 1. The fraction of sp³-hybridized carbons (Fsp3) is 0.417. The molecule has 0 aliphatic carbocycles. The van der Waals surface area contributed by atoms with Crippen molar-refractivity contribution in [3.63, 3.8) is 0 Å². The first-order valence-corrected chi connectivity index (χ1v) is 7.10. The average molecular weight is 273 g/mol. The van der Waals surface area contributed by atoms with Gasteiger partial charge in [0.15, 0.2) is 0 Å². The number of carbonyl (C=O) groups is 1. The highest BCUT2D eigenvalue weighted by Gasteiger charge is 2.10. The van der Waals surface area contributed by atoms with E-state index in [2.05, 4.69) is 12.2 Å². The molecule has 1 rings (SSSR count). The van der Waals surface area contributed by atoms with Gasteiger partial charge in [0.2, 0.25) is 0 Å². The van der Waals surface area contributed by atoms with Gasteiger partial charge < -0.3 is 11.1 Å². The molecule has 0 atom stereocenters. The number of anilines is 1. The van der Waals surface area contributed by atoms with Crippen molar-refractivity contribution in [2.75, 3.05) is 23.8 Å². The van der Waals surface area contributed by atoms with Crippen LogP contribution in [-0.4, -0.2) is 24.0 Å². The quantitative estimate of drug-likeness (QED) is 0.618. The molecule has 3 N–H and O–H groups in total. The third-order valence-electron chi connectivity index (χ3n) is 2.23. The number of carbonyl (C=O) groups excluding carboxylic acids is 1. The third-order valence-corrected chi connectivity index (χ3v) is 3.64. The van der Waals surface area contributed by atoms with Crippen LogP contribution in [0.25, 0.3) is 0 Å². The predicted octanol–water partition coefficient (Wildman–Crippen LogP) is 2.80. The van der Waals surface area contributed by atoms with Crippen LogP contribution in [0.15, 0.2) is 18.2 Å². The Kier molecular flexibility index (Phi) is 6.22. The first-order valence-electron chi connectivity index (χ1n) is 5.56. The van der Waals surface area contributed by atoms with Gasteiger partial charge >= 0.3 is 0 Å². The zero-order chi connectivity index (χ0) is 12.7. The molecule has 3 nitrogen and oxygen atoms in total. The molecule has 94 valence electrons. The molecule has 5 heteroatoms. The Hall–Kier alpha value is -0.870. The summed E-state index contributed by atoms with van der Waals surface area (Å²) < 4.78 is 0. The molecule has 0 aromatic heterocycles. The average Bonchev–Trinajstić information content (AvgIpc) is 2.32. The van der Waals surface area contributed by atoms with Gasteiger partial charge in [0, 0.05) is 6.54 Å². The van der Waals surface area contributed by atoms with Crippen molar-refractivity contribution in [1.29, 1.82) is 0 Å². The van der Waals surface area contributed by atoms with Gasteiger partial charge in [-0.25, -0.2) is 0 Å². The van der Waals surface area contributed by atoms with Gasteiger partial charge in [-0.15, -0.1) is 0 Å². The van der Waals surface area contributed by atoms with Crippen molar-refractivity contribution in [3.8, 4) is 0 Å². The Labute approximate surface area is 111 Å². The van der Waals surface area contributed by atoms with Gasteiger partial charge in [-0.05, 0) is 30.1 Å².